The summed E-state index contributed by atoms with van der Waals surface area (Å²) in [5, 5.41) is 2.54. The fraction of sp³-hybridized carbons (Fsp3) is 0.455. The van der Waals surface area contributed by atoms with Crippen LogP contribution in [-0.4, -0.2) is 25.7 Å². The average Bonchev–Trinajstić information content (AvgIpc) is 2.77. The van der Waals surface area contributed by atoms with E-state index in [9.17, 15) is 17.6 Å². The van der Waals surface area contributed by atoms with Crippen LogP contribution in [0.2, 0.25) is 5.02 Å². The number of fused-ring (bicyclic) bond motifs is 1. The molecule has 0 amide bonds. The Balaban J connectivity index is 1.96. The van der Waals surface area contributed by atoms with Crippen LogP contribution in [0.4, 0.5) is 17.6 Å². The van der Waals surface area contributed by atoms with E-state index in [-0.39, 0.29) is 18.4 Å². The smallest absolute Gasteiger partial charge is 0.319 e. The van der Waals surface area contributed by atoms with Crippen LogP contribution < -0.4 is 14.8 Å². The van der Waals surface area contributed by atoms with Gasteiger partial charge in [-0.15, -0.1) is 0 Å². The minimum Gasteiger partial charge on any atom is -0.454 e. The van der Waals surface area contributed by atoms with Gasteiger partial charge in [-0.2, -0.15) is 8.78 Å². The first-order chi connectivity index (χ1) is 8.90. The second-order valence-electron chi connectivity index (χ2n) is 3.98. The zero-order valence-electron chi connectivity index (χ0n) is 9.56. The molecule has 8 heteroatoms. The lowest BCUT2D eigenvalue weighted by Gasteiger charge is -2.16. The summed E-state index contributed by atoms with van der Waals surface area (Å²) < 4.78 is 59.4. The third kappa shape index (κ3) is 3.22. The normalized spacial score (nSPS) is 14.2. The zero-order valence-corrected chi connectivity index (χ0v) is 10.3. The van der Waals surface area contributed by atoms with Gasteiger partial charge in [-0.05, 0) is 17.7 Å². The Hall–Kier alpha value is -1.21. The minimum absolute atomic E-state index is 0.0291. The van der Waals surface area contributed by atoms with Gasteiger partial charge in [0.1, 0.15) is 0 Å². The summed E-state index contributed by atoms with van der Waals surface area (Å²) in [7, 11) is 0. The predicted molar refractivity (Wildman–Crippen MR) is 60.2 cm³/mol. The summed E-state index contributed by atoms with van der Waals surface area (Å²) in [6.45, 7) is -1.11. The molecule has 1 N–H and O–H groups in total. The van der Waals surface area contributed by atoms with Gasteiger partial charge in [0.05, 0.1) is 11.6 Å². The van der Waals surface area contributed by atoms with Crippen LogP contribution in [0, 0.1) is 0 Å². The van der Waals surface area contributed by atoms with Crippen molar-refractivity contribution in [3.63, 3.8) is 0 Å². The van der Waals surface area contributed by atoms with Crippen LogP contribution in [0.25, 0.3) is 0 Å². The molecule has 1 heterocycles. The molecule has 0 spiro atoms. The van der Waals surface area contributed by atoms with Gasteiger partial charge in [-0.25, -0.2) is 8.78 Å². The summed E-state index contributed by atoms with van der Waals surface area (Å²) in [5.41, 5.74) is 0.541. The van der Waals surface area contributed by atoms with Crippen molar-refractivity contribution in [1.29, 1.82) is 0 Å². The van der Waals surface area contributed by atoms with Crippen molar-refractivity contribution in [3.8, 4) is 11.5 Å². The lowest BCUT2D eigenvalue weighted by atomic mass is 10.2. The van der Waals surface area contributed by atoms with Gasteiger partial charge in [-0.3, -0.25) is 0 Å². The molecule has 106 valence electrons. The van der Waals surface area contributed by atoms with Gasteiger partial charge >= 0.3 is 12.3 Å². The second kappa shape index (κ2) is 5.42. The van der Waals surface area contributed by atoms with Crippen LogP contribution in [0.5, 0.6) is 11.5 Å². The maximum absolute atomic E-state index is 12.7. The Bertz CT molecular complexity index is 470. The SMILES string of the molecule is FC(F)C(F)(F)CNCc1cc(Cl)c2c(c1)OCO2. The Morgan fingerprint density at radius 1 is 1.32 bits per heavy atom. The lowest BCUT2D eigenvalue weighted by molar-refractivity contribution is -0.125. The van der Waals surface area contributed by atoms with E-state index in [4.69, 9.17) is 21.1 Å². The van der Waals surface area contributed by atoms with Crippen molar-refractivity contribution in [2.24, 2.45) is 0 Å². The monoisotopic (exact) mass is 299 g/mol. The van der Waals surface area contributed by atoms with Gasteiger partial charge in [0.25, 0.3) is 0 Å². The highest BCUT2D eigenvalue weighted by Gasteiger charge is 2.40. The van der Waals surface area contributed by atoms with Gasteiger partial charge in [0.2, 0.25) is 6.79 Å². The van der Waals surface area contributed by atoms with Crippen molar-refractivity contribution in [2.45, 2.75) is 18.9 Å². The Kier molecular flexibility index (Phi) is 4.05. The molecule has 0 aromatic heterocycles. The van der Waals surface area contributed by atoms with Crippen LogP contribution >= 0.6 is 11.6 Å². The van der Waals surface area contributed by atoms with E-state index in [0.29, 0.717) is 17.1 Å². The molecule has 2 rings (SSSR count). The van der Waals surface area contributed by atoms with E-state index in [2.05, 4.69) is 5.32 Å². The Morgan fingerprint density at radius 3 is 2.74 bits per heavy atom. The molecule has 0 atom stereocenters. The maximum Gasteiger partial charge on any atom is 0.319 e. The summed E-state index contributed by atoms with van der Waals surface area (Å²) in [6, 6.07) is 3.06. The molecule has 1 aromatic rings. The lowest BCUT2D eigenvalue weighted by Crippen LogP contribution is -2.38. The minimum atomic E-state index is -4.06. The van der Waals surface area contributed by atoms with Crippen LogP contribution in [0.15, 0.2) is 12.1 Å². The van der Waals surface area contributed by atoms with E-state index < -0.39 is 18.9 Å². The topological polar surface area (TPSA) is 30.5 Å². The van der Waals surface area contributed by atoms with Crippen molar-refractivity contribution >= 4 is 11.6 Å². The number of nitrogens with one attached hydrogen (secondary N) is 1. The highest BCUT2D eigenvalue weighted by atomic mass is 35.5. The predicted octanol–water partition coefficient (Wildman–Crippen LogP) is 3.06. The molecule has 0 unspecified atom stereocenters. The van der Waals surface area contributed by atoms with E-state index in [0.717, 1.165) is 0 Å². The number of alkyl halides is 4. The molecule has 0 saturated heterocycles. The fourth-order valence-electron chi connectivity index (χ4n) is 1.57. The third-order valence-electron chi connectivity index (χ3n) is 2.50. The van der Waals surface area contributed by atoms with Crippen LogP contribution in [0.1, 0.15) is 5.56 Å². The summed E-state index contributed by atoms with van der Waals surface area (Å²) >= 11 is 5.89. The number of benzene rings is 1. The molecule has 1 aliphatic rings. The van der Waals surface area contributed by atoms with Gasteiger partial charge < -0.3 is 14.8 Å². The average molecular weight is 300 g/mol. The Labute approximate surface area is 111 Å². The first-order valence-electron chi connectivity index (χ1n) is 5.35. The first-order valence-corrected chi connectivity index (χ1v) is 5.72. The largest absolute Gasteiger partial charge is 0.454 e. The maximum atomic E-state index is 12.7. The van der Waals surface area contributed by atoms with E-state index >= 15 is 0 Å². The zero-order chi connectivity index (χ0) is 14.0. The molecular formula is C11H10ClF4NO2. The molecule has 0 saturated carbocycles. The molecule has 1 aliphatic heterocycles. The quantitative estimate of drug-likeness (QED) is 0.848. The second-order valence-corrected chi connectivity index (χ2v) is 4.38. The first kappa shape index (κ1) is 14.2. The Morgan fingerprint density at radius 2 is 2.05 bits per heavy atom. The highest BCUT2D eigenvalue weighted by molar-refractivity contribution is 6.32. The molecule has 0 fully saturated rings. The fourth-order valence-corrected chi connectivity index (χ4v) is 1.86. The van der Waals surface area contributed by atoms with E-state index in [1.807, 2.05) is 0 Å². The molecular weight excluding hydrogens is 290 g/mol. The highest BCUT2D eigenvalue weighted by Crippen LogP contribution is 2.39. The van der Waals surface area contributed by atoms with Gasteiger partial charge in [0, 0.05) is 6.54 Å². The molecule has 3 nitrogen and oxygen atoms in total. The number of hydrogen-bond acceptors (Lipinski definition) is 3. The number of halogens is 5. The molecule has 0 radical (unpaired) electrons. The standard InChI is InChI=1S/C11H10ClF4NO2/c12-7-1-6(2-8-9(7)19-5-18-8)3-17-4-11(15,16)10(13)14/h1-2,10,17H,3-5H2. The molecule has 1 aromatic carbocycles. The van der Waals surface area contributed by atoms with Gasteiger partial charge in [0.15, 0.2) is 11.5 Å². The van der Waals surface area contributed by atoms with Crippen LogP contribution in [-0.2, 0) is 6.54 Å². The molecule has 0 bridgehead atoms. The summed E-state index contributed by atoms with van der Waals surface area (Å²) in [6.07, 6.45) is -3.69. The van der Waals surface area contributed by atoms with Crippen molar-refractivity contribution in [1.82, 2.24) is 5.32 Å². The number of hydrogen-bond donors (Lipinski definition) is 1. The van der Waals surface area contributed by atoms with Crippen molar-refractivity contribution in [2.75, 3.05) is 13.3 Å². The van der Waals surface area contributed by atoms with E-state index in [1.165, 1.54) is 6.07 Å². The van der Waals surface area contributed by atoms with Crippen LogP contribution in [0.3, 0.4) is 0 Å². The van der Waals surface area contributed by atoms with Crippen molar-refractivity contribution < 1.29 is 27.0 Å². The number of ether oxygens (including phenoxy) is 2. The van der Waals surface area contributed by atoms with E-state index in [1.54, 1.807) is 6.07 Å². The van der Waals surface area contributed by atoms with Gasteiger partial charge in [-0.1, -0.05) is 11.6 Å². The third-order valence-corrected chi connectivity index (χ3v) is 2.78. The number of rotatable bonds is 5. The summed E-state index contributed by atoms with van der Waals surface area (Å²) in [4.78, 5) is 0. The molecule has 19 heavy (non-hydrogen) atoms. The van der Waals surface area contributed by atoms with Crippen molar-refractivity contribution in [3.05, 3.63) is 22.7 Å². The summed E-state index contributed by atoms with van der Waals surface area (Å²) in [5.74, 6) is -3.26. The molecule has 0 aliphatic carbocycles.